The predicted molar refractivity (Wildman–Crippen MR) is 90.2 cm³/mol. The average molecular weight is 373 g/mol. The normalized spacial score (nSPS) is 13.5. The molecule has 138 valence electrons. The lowest BCUT2D eigenvalue weighted by molar-refractivity contribution is -0.384. The second-order valence-corrected chi connectivity index (χ2v) is 6.89. The Morgan fingerprint density at radius 3 is 2.24 bits per heavy atom. The van der Waals surface area contributed by atoms with E-state index in [1.165, 1.54) is 6.92 Å². The number of carbonyl (C=O) groups excluding carboxylic acids is 2. The Kier molecular flexibility index (Phi) is 6.59. The molecule has 0 heterocycles. The zero-order valence-electron chi connectivity index (χ0n) is 14.1. The number of amides is 2. The Morgan fingerprint density at radius 1 is 1.32 bits per heavy atom. The minimum atomic E-state index is -2.75. The first-order valence-electron chi connectivity index (χ1n) is 7.10. The van der Waals surface area contributed by atoms with E-state index in [1.807, 2.05) is 0 Å². The lowest BCUT2D eigenvalue weighted by Gasteiger charge is -2.24. The van der Waals surface area contributed by atoms with Gasteiger partial charge >= 0.3 is 6.09 Å². The van der Waals surface area contributed by atoms with Crippen molar-refractivity contribution in [3.63, 3.8) is 0 Å². The van der Waals surface area contributed by atoms with Gasteiger partial charge in [0.15, 0.2) is 6.10 Å². The molecule has 0 fully saturated rings. The van der Waals surface area contributed by atoms with E-state index in [0.29, 0.717) is 4.31 Å². The summed E-state index contributed by atoms with van der Waals surface area (Å²) in [6.45, 7) is 6.39. The van der Waals surface area contributed by atoms with Crippen molar-refractivity contribution in [1.29, 1.82) is 0 Å². The fourth-order valence-corrected chi connectivity index (χ4v) is 2.32. The lowest BCUT2D eigenvalue weighted by atomic mass is 10.1. The van der Waals surface area contributed by atoms with Gasteiger partial charge < -0.3 is 10.1 Å². The Balaban J connectivity index is 2.94. The molecule has 0 radical (unpaired) electrons. The predicted octanol–water partition coefficient (Wildman–Crippen LogP) is 1.98. The van der Waals surface area contributed by atoms with Gasteiger partial charge in [0.2, 0.25) is 0 Å². The maximum Gasteiger partial charge on any atom is 0.408 e. The molecule has 1 aromatic carbocycles. The first-order chi connectivity index (χ1) is 11.4. The zero-order chi connectivity index (χ0) is 19.4. The number of hydrogen-bond donors (Lipinski definition) is 2. The van der Waals surface area contributed by atoms with Crippen LogP contribution in [0.4, 0.5) is 16.2 Å². The summed E-state index contributed by atoms with van der Waals surface area (Å²) in [6, 6.07) is 4.46. The van der Waals surface area contributed by atoms with E-state index in [9.17, 15) is 28.5 Å². The Bertz CT molecular complexity index is 685. The standard InChI is InChI=1S/C14H19N3O7S/c1-9(24-13(19)15-14(2,3)4)12(18)16(25(22)23)10-5-7-11(8-6-10)17(20)21/h5-9H,1-4H3,(H,15,19)(H,22,23)/t9-/m1/s1. The molecule has 0 aliphatic rings. The molecule has 25 heavy (non-hydrogen) atoms. The molecule has 0 saturated carbocycles. The number of nitro benzene ring substituents is 1. The molecular formula is C14H19N3O7S. The van der Waals surface area contributed by atoms with Crippen LogP contribution in [-0.2, 0) is 20.8 Å². The molecular weight excluding hydrogens is 354 g/mol. The summed E-state index contributed by atoms with van der Waals surface area (Å²) in [7, 11) is 0. The fraction of sp³-hybridized carbons (Fsp3) is 0.429. The largest absolute Gasteiger partial charge is 0.436 e. The highest BCUT2D eigenvalue weighted by molar-refractivity contribution is 7.81. The maximum absolute atomic E-state index is 12.3. The molecule has 0 saturated heterocycles. The van der Waals surface area contributed by atoms with Crippen molar-refractivity contribution in [1.82, 2.24) is 5.32 Å². The van der Waals surface area contributed by atoms with Gasteiger partial charge in [-0.2, -0.15) is 0 Å². The summed E-state index contributed by atoms with van der Waals surface area (Å²) in [5, 5.41) is 13.1. The highest BCUT2D eigenvalue weighted by Crippen LogP contribution is 2.21. The van der Waals surface area contributed by atoms with Crippen LogP contribution in [-0.4, -0.2) is 37.3 Å². The molecule has 11 heteroatoms. The van der Waals surface area contributed by atoms with Crippen molar-refractivity contribution in [3.05, 3.63) is 34.4 Å². The Labute approximate surface area is 146 Å². The van der Waals surface area contributed by atoms with Crippen LogP contribution < -0.4 is 9.62 Å². The monoisotopic (exact) mass is 373 g/mol. The number of rotatable bonds is 5. The first kappa shape index (κ1) is 20.5. The summed E-state index contributed by atoms with van der Waals surface area (Å²) < 4.78 is 26.3. The van der Waals surface area contributed by atoms with Crippen molar-refractivity contribution in [2.24, 2.45) is 0 Å². The van der Waals surface area contributed by atoms with Gasteiger partial charge in [0, 0.05) is 17.7 Å². The van der Waals surface area contributed by atoms with Crippen molar-refractivity contribution in [3.8, 4) is 0 Å². The number of hydrogen-bond acceptors (Lipinski definition) is 6. The molecule has 2 amide bonds. The van der Waals surface area contributed by atoms with Gasteiger partial charge in [-0.1, -0.05) is 0 Å². The molecule has 1 rings (SSSR count). The van der Waals surface area contributed by atoms with Gasteiger partial charge in [0.25, 0.3) is 22.9 Å². The van der Waals surface area contributed by atoms with Crippen LogP contribution >= 0.6 is 0 Å². The summed E-state index contributed by atoms with van der Waals surface area (Å²) in [5.41, 5.74) is -0.880. The molecule has 2 N–H and O–H groups in total. The van der Waals surface area contributed by atoms with Gasteiger partial charge in [-0.15, -0.1) is 0 Å². The maximum atomic E-state index is 12.3. The summed E-state index contributed by atoms with van der Waals surface area (Å²) in [6.07, 6.45) is -2.21. The Hall–Kier alpha value is -2.53. The van der Waals surface area contributed by atoms with E-state index in [-0.39, 0.29) is 11.4 Å². The smallest absolute Gasteiger partial charge is 0.408 e. The number of alkyl carbamates (subject to hydrolysis) is 1. The van der Waals surface area contributed by atoms with E-state index >= 15 is 0 Å². The van der Waals surface area contributed by atoms with Crippen LogP contribution in [0.25, 0.3) is 0 Å². The van der Waals surface area contributed by atoms with Crippen LogP contribution in [0.5, 0.6) is 0 Å². The Morgan fingerprint density at radius 2 is 1.84 bits per heavy atom. The van der Waals surface area contributed by atoms with Crippen molar-refractivity contribution < 1.29 is 28.0 Å². The summed E-state index contributed by atoms with van der Waals surface area (Å²) in [5.74, 6) is -0.959. The van der Waals surface area contributed by atoms with Crippen LogP contribution in [0.15, 0.2) is 24.3 Å². The summed E-state index contributed by atoms with van der Waals surface area (Å²) >= 11 is -2.75. The number of nitrogens with one attached hydrogen (secondary N) is 1. The van der Waals surface area contributed by atoms with Gasteiger partial charge in [-0.3, -0.25) is 19.5 Å². The number of carbonyl (C=O) groups is 2. The number of non-ortho nitro benzene ring substituents is 1. The second kappa shape index (κ2) is 8.03. The quantitative estimate of drug-likeness (QED) is 0.457. The molecule has 1 unspecified atom stereocenters. The number of ether oxygens (including phenoxy) is 1. The van der Waals surface area contributed by atoms with Crippen molar-refractivity contribution in [2.75, 3.05) is 4.31 Å². The molecule has 0 spiro atoms. The average Bonchev–Trinajstić information content (AvgIpc) is 2.45. The third-order valence-corrected chi connectivity index (χ3v) is 3.46. The molecule has 0 bridgehead atoms. The minimum Gasteiger partial charge on any atom is -0.436 e. The third-order valence-electron chi connectivity index (χ3n) is 2.76. The third kappa shape index (κ3) is 6.12. The van der Waals surface area contributed by atoms with Gasteiger partial charge in [0.05, 0.1) is 10.6 Å². The van der Waals surface area contributed by atoms with E-state index < -0.39 is 39.8 Å². The van der Waals surface area contributed by atoms with Crippen molar-refractivity contribution >= 4 is 34.6 Å². The molecule has 0 aliphatic heterocycles. The highest BCUT2D eigenvalue weighted by Gasteiger charge is 2.30. The van der Waals surface area contributed by atoms with Crippen LogP contribution in [0.1, 0.15) is 27.7 Å². The molecule has 2 atom stereocenters. The van der Waals surface area contributed by atoms with E-state index in [0.717, 1.165) is 24.3 Å². The fourth-order valence-electron chi connectivity index (χ4n) is 1.72. The van der Waals surface area contributed by atoms with E-state index in [1.54, 1.807) is 20.8 Å². The highest BCUT2D eigenvalue weighted by atomic mass is 32.2. The second-order valence-electron chi connectivity index (χ2n) is 6.06. The van der Waals surface area contributed by atoms with Crippen LogP contribution in [0.2, 0.25) is 0 Å². The van der Waals surface area contributed by atoms with Crippen LogP contribution in [0, 0.1) is 10.1 Å². The molecule has 0 aromatic heterocycles. The van der Waals surface area contributed by atoms with Crippen LogP contribution in [0.3, 0.4) is 0 Å². The molecule has 0 aliphatic carbocycles. The lowest BCUT2D eigenvalue weighted by Crippen LogP contribution is -2.46. The zero-order valence-corrected chi connectivity index (χ0v) is 14.9. The minimum absolute atomic E-state index is 0.0527. The van der Waals surface area contributed by atoms with Crippen molar-refractivity contribution in [2.45, 2.75) is 39.3 Å². The van der Waals surface area contributed by atoms with E-state index in [4.69, 9.17) is 4.74 Å². The van der Waals surface area contributed by atoms with Gasteiger partial charge in [-0.25, -0.2) is 13.3 Å². The number of anilines is 1. The topological polar surface area (TPSA) is 139 Å². The van der Waals surface area contributed by atoms with Gasteiger partial charge in [0.1, 0.15) is 0 Å². The van der Waals surface area contributed by atoms with Gasteiger partial charge in [-0.05, 0) is 39.8 Å². The number of nitrogens with zero attached hydrogens (tertiary/aromatic N) is 2. The molecule has 1 aromatic rings. The molecule has 10 nitrogen and oxygen atoms in total. The number of nitro groups is 1. The van der Waals surface area contributed by atoms with E-state index in [2.05, 4.69) is 5.32 Å². The first-order valence-corrected chi connectivity index (χ1v) is 8.17. The summed E-state index contributed by atoms with van der Waals surface area (Å²) in [4.78, 5) is 34.0. The number of benzene rings is 1. The SMILES string of the molecule is C[C@@H](OC(=O)NC(C)(C)C)C(=O)N(c1ccc([N+](=O)[O-])cc1)S(=O)O.